The number of anilines is 2. The first-order chi connectivity index (χ1) is 8.13. The van der Waals surface area contributed by atoms with Crippen molar-refractivity contribution in [3.63, 3.8) is 0 Å². The molecule has 0 fully saturated rings. The van der Waals surface area contributed by atoms with Crippen molar-refractivity contribution in [1.29, 1.82) is 0 Å². The lowest BCUT2D eigenvalue weighted by molar-refractivity contribution is 0.509. The largest absolute Gasteiger partial charge is 0.367 e. The monoisotopic (exact) mass is 237 g/mol. The van der Waals surface area contributed by atoms with Gasteiger partial charge in [0, 0.05) is 11.6 Å². The molecule has 0 saturated heterocycles. The summed E-state index contributed by atoms with van der Waals surface area (Å²) in [4.78, 5) is 8.43. The molecule has 5 nitrogen and oxygen atoms in total. The average Bonchev–Trinajstić information content (AvgIpc) is 2.34. The Morgan fingerprint density at radius 3 is 2.35 bits per heavy atom. The van der Waals surface area contributed by atoms with Gasteiger partial charge in [-0.15, -0.1) is 0 Å². The van der Waals surface area contributed by atoms with Gasteiger partial charge in [0.2, 0.25) is 0 Å². The van der Waals surface area contributed by atoms with Crippen molar-refractivity contribution < 1.29 is 0 Å². The molecule has 0 bridgehead atoms. The van der Waals surface area contributed by atoms with Gasteiger partial charge in [-0.1, -0.05) is 27.7 Å². The van der Waals surface area contributed by atoms with Gasteiger partial charge in [0.1, 0.15) is 18.0 Å². The lowest BCUT2D eigenvalue weighted by Gasteiger charge is -2.23. The molecule has 1 aromatic heterocycles. The Balaban J connectivity index is 2.97. The van der Waals surface area contributed by atoms with E-state index >= 15 is 0 Å². The summed E-state index contributed by atoms with van der Waals surface area (Å²) in [6.45, 7) is 8.65. The molecular formula is C12H23N5. The molecule has 0 radical (unpaired) electrons. The van der Waals surface area contributed by atoms with Gasteiger partial charge in [-0.3, -0.25) is 0 Å². The van der Waals surface area contributed by atoms with Crippen LogP contribution in [-0.4, -0.2) is 16.0 Å². The van der Waals surface area contributed by atoms with Gasteiger partial charge in [0.05, 0.1) is 0 Å². The van der Waals surface area contributed by atoms with E-state index in [1.54, 1.807) is 0 Å². The maximum atomic E-state index is 5.45. The molecular weight excluding hydrogens is 214 g/mol. The smallest absolute Gasteiger partial charge is 0.148 e. The van der Waals surface area contributed by atoms with E-state index in [1.165, 1.54) is 6.33 Å². The lowest BCUT2D eigenvalue weighted by atomic mass is 10.0. The van der Waals surface area contributed by atoms with Crippen molar-refractivity contribution in [1.82, 2.24) is 9.97 Å². The lowest BCUT2D eigenvalue weighted by Crippen LogP contribution is -2.26. The van der Waals surface area contributed by atoms with E-state index in [9.17, 15) is 0 Å². The Morgan fingerprint density at radius 1 is 1.24 bits per heavy atom. The molecule has 5 heteroatoms. The SMILES string of the molecule is CCc1c(NN)ncnc1NC(CC)C(C)C. The summed E-state index contributed by atoms with van der Waals surface area (Å²) in [6.07, 6.45) is 3.44. The fourth-order valence-corrected chi connectivity index (χ4v) is 1.91. The van der Waals surface area contributed by atoms with Crippen LogP contribution in [0.4, 0.5) is 11.6 Å². The van der Waals surface area contributed by atoms with Crippen LogP contribution < -0.4 is 16.6 Å². The predicted molar refractivity (Wildman–Crippen MR) is 71.8 cm³/mol. The summed E-state index contributed by atoms with van der Waals surface area (Å²) in [5.41, 5.74) is 3.65. The minimum absolute atomic E-state index is 0.417. The van der Waals surface area contributed by atoms with Crippen molar-refractivity contribution >= 4 is 11.6 Å². The van der Waals surface area contributed by atoms with Crippen molar-refractivity contribution in [3.05, 3.63) is 11.9 Å². The van der Waals surface area contributed by atoms with E-state index < -0.39 is 0 Å². The van der Waals surface area contributed by atoms with Crippen LogP contribution in [0.2, 0.25) is 0 Å². The van der Waals surface area contributed by atoms with Crippen LogP contribution in [0.3, 0.4) is 0 Å². The van der Waals surface area contributed by atoms with E-state index in [0.717, 1.165) is 24.2 Å². The number of hydrazine groups is 1. The highest BCUT2D eigenvalue weighted by Crippen LogP contribution is 2.22. The summed E-state index contributed by atoms with van der Waals surface area (Å²) in [5.74, 6) is 7.60. The molecule has 96 valence electrons. The van der Waals surface area contributed by atoms with E-state index in [2.05, 4.69) is 48.4 Å². The summed E-state index contributed by atoms with van der Waals surface area (Å²) in [6, 6.07) is 0.417. The number of aromatic nitrogens is 2. The first-order valence-electron chi connectivity index (χ1n) is 6.21. The molecule has 1 aromatic rings. The molecule has 0 spiro atoms. The van der Waals surface area contributed by atoms with E-state index in [4.69, 9.17) is 5.84 Å². The zero-order valence-electron chi connectivity index (χ0n) is 11.1. The molecule has 1 unspecified atom stereocenters. The highest BCUT2D eigenvalue weighted by atomic mass is 15.3. The molecule has 4 N–H and O–H groups in total. The second kappa shape index (κ2) is 6.39. The van der Waals surface area contributed by atoms with Gasteiger partial charge in [0.15, 0.2) is 0 Å². The number of nitrogen functional groups attached to an aromatic ring is 1. The Morgan fingerprint density at radius 2 is 1.88 bits per heavy atom. The number of nitrogens with two attached hydrogens (primary N) is 1. The molecule has 1 atom stereocenters. The third kappa shape index (κ3) is 3.30. The van der Waals surface area contributed by atoms with Crippen molar-refractivity contribution in [2.45, 2.75) is 46.6 Å². The molecule has 0 aliphatic heterocycles. The minimum atomic E-state index is 0.417. The normalized spacial score (nSPS) is 12.6. The van der Waals surface area contributed by atoms with Crippen LogP contribution in [0.5, 0.6) is 0 Å². The van der Waals surface area contributed by atoms with Crippen LogP contribution in [0, 0.1) is 5.92 Å². The Kier molecular flexibility index (Phi) is 5.15. The molecule has 0 aliphatic rings. The predicted octanol–water partition coefficient (Wildman–Crippen LogP) is 2.17. The molecule has 1 heterocycles. The minimum Gasteiger partial charge on any atom is -0.367 e. The van der Waals surface area contributed by atoms with E-state index in [-0.39, 0.29) is 0 Å². The van der Waals surface area contributed by atoms with Crippen LogP contribution in [-0.2, 0) is 6.42 Å². The highest BCUT2D eigenvalue weighted by molar-refractivity contribution is 5.57. The maximum Gasteiger partial charge on any atom is 0.148 e. The molecule has 0 aromatic carbocycles. The van der Waals surface area contributed by atoms with Crippen LogP contribution in [0.1, 0.15) is 39.7 Å². The topological polar surface area (TPSA) is 75.9 Å². The van der Waals surface area contributed by atoms with Gasteiger partial charge < -0.3 is 10.7 Å². The third-order valence-corrected chi connectivity index (χ3v) is 3.00. The summed E-state index contributed by atoms with van der Waals surface area (Å²) < 4.78 is 0. The second-order valence-electron chi connectivity index (χ2n) is 4.45. The number of hydrogen-bond donors (Lipinski definition) is 3. The number of nitrogens with zero attached hydrogens (tertiary/aromatic N) is 2. The molecule has 0 saturated carbocycles. The van der Waals surface area contributed by atoms with Gasteiger partial charge in [-0.25, -0.2) is 15.8 Å². The fraction of sp³-hybridized carbons (Fsp3) is 0.667. The van der Waals surface area contributed by atoms with Gasteiger partial charge >= 0.3 is 0 Å². The Bertz CT molecular complexity index is 351. The van der Waals surface area contributed by atoms with Crippen LogP contribution >= 0.6 is 0 Å². The fourth-order valence-electron chi connectivity index (χ4n) is 1.91. The summed E-state index contributed by atoms with van der Waals surface area (Å²) in [5, 5.41) is 3.48. The number of nitrogens with one attached hydrogen (secondary N) is 2. The Labute approximate surface area is 103 Å². The van der Waals surface area contributed by atoms with E-state index in [1.807, 2.05) is 0 Å². The van der Waals surface area contributed by atoms with Crippen molar-refractivity contribution in [2.75, 3.05) is 10.7 Å². The molecule has 1 rings (SSSR count). The van der Waals surface area contributed by atoms with Crippen LogP contribution in [0.15, 0.2) is 6.33 Å². The van der Waals surface area contributed by atoms with E-state index in [0.29, 0.717) is 17.8 Å². The molecule has 0 amide bonds. The standard InChI is InChI=1S/C12H23N5/c1-5-9-11(14-7-15-12(9)17-13)16-10(6-2)8(3)4/h7-8,10H,5-6,13H2,1-4H3,(H2,14,15,16,17). The first-order valence-corrected chi connectivity index (χ1v) is 6.21. The van der Waals surface area contributed by atoms with Gasteiger partial charge in [0.25, 0.3) is 0 Å². The zero-order chi connectivity index (χ0) is 12.8. The Hall–Kier alpha value is -1.36. The number of rotatable bonds is 6. The average molecular weight is 237 g/mol. The zero-order valence-corrected chi connectivity index (χ0v) is 11.1. The number of hydrogen-bond acceptors (Lipinski definition) is 5. The third-order valence-electron chi connectivity index (χ3n) is 3.00. The van der Waals surface area contributed by atoms with Crippen molar-refractivity contribution in [3.8, 4) is 0 Å². The van der Waals surface area contributed by atoms with Crippen LogP contribution in [0.25, 0.3) is 0 Å². The van der Waals surface area contributed by atoms with Crippen molar-refractivity contribution in [2.24, 2.45) is 11.8 Å². The second-order valence-corrected chi connectivity index (χ2v) is 4.45. The summed E-state index contributed by atoms with van der Waals surface area (Å²) in [7, 11) is 0. The first kappa shape index (κ1) is 13.7. The van der Waals surface area contributed by atoms with Gasteiger partial charge in [-0.05, 0) is 18.8 Å². The van der Waals surface area contributed by atoms with Gasteiger partial charge in [-0.2, -0.15) is 0 Å². The maximum absolute atomic E-state index is 5.45. The molecule has 0 aliphatic carbocycles. The summed E-state index contributed by atoms with van der Waals surface area (Å²) >= 11 is 0. The molecule has 17 heavy (non-hydrogen) atoms. The quantitative estimate of drug-likeness (QED) is 0.522. The highest BCUT2D eigenvalue weighted by Gasteiger charge is 2.15.